The number of rotatable bonds is 4. The number of aryl methyl sites for hydroxylation is 1. The Labute approximate surface area is 97.7 Å². The molecule has 1 unspecified atom stereocenters. The van der Waals surface area contributed by atoms with Gasteiger partial charge in [0.25, 0.3) is 0 Å². The van der Waals surface area contributed by atoms with Gasteiger partial charge in [0, 0.05) is 32.0 Å². The highest BCUT2D eigenvalue weighted by molar-refractivity contribution is 4.91. The minimum absolute atomic E-state index is 0.666. The molecule has 4 nitrogen and oxygen atoms in total. The van der Waals surface area contributed by atoms with Crippen molar-refractivity contribution in [1.82, 2.24) is 19.8 Å². The number of hydrogen-bond acceptors (Lipinski definition) is 3. The van der Waals surface area contributed by atoms with Crippen LogP contribution in [0.2, 0.25) is 0 Å². The second-order valence-electron chi connectivity index (χ2n) is 4.80. The number of nitrogens with one attached hydrogen (secondary N) is 1. The molecule has 16 heavy (non-hydrogen) atoms. The van der Waals surface area contributed by atoms with Gasteiger partial charge in [-0.25, -0.2) is 4.98 Å². The zero-order valence-corrected chi connectivity index (χ0v) is 10.3. The summed E-state index contributed by atoms with van der Waals surface area (Å²) in [6.45, 7) is 3.23. The number of likely N-dealkylation sites (N-methyl/N-ethyl adjacent to an activating group) is 1. The highest BCUT2D eigenvalue weighted by Crippen LogP contribution is 2.09. The van der Waals surface area contributed by atoms with Crippen molar-refractivity contribution in [1.29, 1.82) is 0 Å². The summed E-state index contributed by atoms with van der Waals surface area (Å²) in [7, 11) is 4.22. The van der Waals surface area contributed by atoms with Gasteiger partial charge in [0.15, 0.2) is 0 Å². The molecule has 1 saturated heterocycles. The highest BCUT2D eigenvalue weighted by atomic mass is 15.2. The molecule has 90 valence electrons. The minimum Gasteiger partial charge on any atom is -0.337 e. The lowest BCUT2D eigenvalue weighted by molar-refractivity contribution is 0.250. The van der Waals surface area contributed by atoms with Crippen LogP contribution in [0.1, 0.15) is 25.1 Å². The molecule has 1 aliphatic heterocycles. The Morgan fingerprint density at radius 2 is 2.44 bits per heavy atom. The van der Waals surface area contributed by atoms with Gasteiger partial charge in [-0.15, -0.1) is 0 Å². The van der Waals surface area contributed by atoms with E-state index in [-0.39, 0.29) is 0 Å². The molecule has 1 atom stereocenters. The van der Waals surface area contributed by atoms with Crippen LogP contribution in [0.4, 0.5) is 0 Å². The molecule has 0 radical (unpaired) electrons. The van der Waals surface area contributed by atoms with Crippen LogP contribution in [-0.4, -0.2) is 40.6 Å². The second-order valence-corrected chi connectivity index (χ2v) is 4.80. The first-order valence-corrected chi connectivity index (χ1v) is 6.14. The van der Waals surface area contributed by atoms with Gasteiger partial charge in [0.1, 0.15) is 5.82 Å². The van der Waals surface area contributed by atoms with Crippen molar-refractivity contribution in [2.24, 2.45) is 7.05 Å². The Kier molecular flexibility index (Phi) is 3.96. The zero-order valence-electron chi connectivity index (χ0n) is 10.3. The maximum absolute atomic E-state index is 4.35. The standard InChI is InChI=1S/C12H22N4/c1-15(9-11-5-3-4-6-13-11)10-12-14-7-8-16(12)2/h7-8,11,13H,3-6,9-10H2,1-2H3. The summed E-state index contributed by atoms with van der Waals surface area (Å²) in [6, 6.07) is 0.666. The van der Waals surface area contributed by atoms with Gasteiger partial charge < -0.3 is 9.88 Å². The molecule has 0 bridgehead atoms. The first-order chi connectivity index (χ1) is 7.75. The first kappa shape index (κ1) is 11.6. The van der Waals surface area contributed by atoms with Crippen molar-refractivity contribution in [3.8, 4) is 0 Å². The van der Waals surface area contributed by atoms with Crippen LogP contribution in [0.15, 0.2) is 12.4 Å². The maximum atomic E-state index is 4.35. The molecule has 0 spiro atoms. The number of piperidine rings is 1. The van der Waals surface area contributed by atoms with E-state index in [1.807, 2.05) is 12.4 Å². The van der Waals surface area contributed by atoms with E-state index in [4.69, 9.17) is 0 Å². The maximum Gasteiger partial charge on any atom is 0.122 e. The molecule has 0 amide bonds. The van der Waals surface area contributed by atoms with Crippen molar-refractivity contribution in [3.05, 3.63) is 18.2 Å². The van der Waals surface area contributed by atoms with Gasteiger partial charge in [0.2, 0.25) is 0 Å². The molecule has 1 aromatic rings. The smallest absolute Gasteiger partial charge is 0.122 e. The van der Waals surface area contributed by atoms with Crippen LogP contribution in [0, 0.1) is 0 Å². The molecule has 0 aromatic carbocycles. The summed E-state index contributed by atoms with van der Waals surface area (Å²) in [4.78, 5) is 6.70. The Hall–Kier alpha value is -0.870. The van der Waals surface area contributed by atoms with Gasteiger partial charge in [-0.1, -0.05) is 6.42 Å². The van der Waals surface area contributed by atoms with Crippen molar-refractivity contribution >= 4 is 0 Å². The van der Waals surface area contributed by atoms with E-state index < -0.39 is 0 Å². The SMILES string of the molecule is CN(Cc1nccn1C)CC1CCCCN1. The zero-order chi connectivity index (χ0) is 11.4. The average Bonchev–Trinajstić information content (AvgIpc) is 2.66. The van der Waals surface area contributed by atoms with E-state index in [1.54, 1.807) is 0 Å². The summed E-state index contributed by atoms with van der Waals surface area (Å²) in [5.41, 5.74) is 0. The summed E-state index contributed by atoms with van der Waals surface area (Å²) in [5.74, 6) is 1.14. The highest BCUT2D eigenvalue weighted by Gasteiger charge is 2.15. The Morgan fingerprint density at radius 3 is 3.06 bits per heavy atom. The third kappa shape index (κ3) is 3.06. The van der Waals surface area contributed by atoms with Gasteiger partial charge in [-0.2, -0.15) is 0 Å². The van der Waals surface area contributed by atoms with Gasteiger partial charge in [-0.05, 0) is 26.4 Å². The first-order valence-electron chi connectivity index (χ1n) is 6.14. The lowest BCUT2D eigenvalue weighted by Gasteiger charge is -2.27. The molecule has 4 heteroatoms. The number of imidazole rings is 1. The molecule has 2 heterocycles. The molecule has 1 N–H and O–H groups in total. The van der Waals surface area contributed by atoms with Crippen LogP contribution in [-0.2, 0) is 13.6 Å². The normalized spacial score (nSPS) is 21.6. The fourth-order valence-electron chi connectivity index (χ4n) is 2.31. The molecule has 0 saturated carbocycles. The summed E-state index contributed by atoms with van der Waals surface area (Å²) in [6.07, 6.45) is 7.88. The quantitative estimate of drug-likeness (QED) is 0.825. The number of aromatic nitrogens is 2. The third-order valence-corrected chi connectivity index (χ3v) is 3.28. The Balaban J connectivity index is 1.79. The molecule has 1 aromatic heterocycles. The third-order valence-electron chi connectivity index (χ3n) is 3.28. The lowest BCUT2D eigenvalue weighted by Crippen LogP contribution is -2.42. The molecule has 1 fully saturated rings. The second kappa shape index (κ2) is 5.46. The van der Waals surface area contributed by atoms with Crippen LogP contribution >= 0.6 is 0 Å². The van der Waals surface area contributed by atoms with E-state index in [0.717, 1.165) is 18.9 Å². The minimum atomic E-state index is 0.666. The fraction of sp³-hybridized carbons (Fsp3) is 0.750. The van der Waals surface area contributed by atoms with E-state index in [0.29, 0.717) is 6.04 Å². The fourth-order valence-corrected chi connectivity index (χ4v) is 2.31. The predicted molar refractivity (Wildman–Crippen MR) is 65.2 cm³/mol. The van der Waals surface area contributed by atoms with Crippen LogP contribution in [0.25, 0.3) is 0 Å². The van der Waals surface area contributed by atoms with E-state index in [2.05, 4.69) is 33.9 Å². The van der Waals surface area contributed by atoms with Crippen LogP contribution < -0.4 is 5.32 Å². The van der Waals surface area contributed by atoms with Gasteiger partial charge in [0.05, 0.1) is 6.54 Å². The van der Waals surface area contributed by atoms with Gasteiger partial charge >= 0.3 is 0 Å². The Morgan fingerprint density at radius 1 is 1.56 bits per heavy atom. The molecule has 0 aliphatic carbocycles. The van der Waals surface area contributed by atoms with E-state index in [1.165, 1.54) is 25.8 Å². The van der Waals surface area contributed by atoms with Crippen molar-refractivity contribution in [2.45, 2.75) is 31.8 Å². The van der Waals surface area contributed by atoms with E-state index >= 15 is 0 Å². The van der Waals surface area contributed by atoms with Crippen molar-refractivity contribution in [2.75, 3.05) is 20.1 Å². The number of nitrogens with zero attached hydrogens (tertiary/aromatic N) is 3. The average molecular weight is 222 g/mol. The summed E-state index contributed by atoms with van der Waals surface area (Å²) < 4.78 is 2.09. The molecule has 2 rings (SSSR count). The monoisotopic (exact) mass is 222 g/mol. The van der Waals surface area contributed by atoms with Crippen molar-refractivity contribution in [3.63, 3.8) is 0 Å². The van der Waals surface area contributed by atoms with E-state index in [9.17, 15) is 0 Å². The largest absolute Gasteiger partial charge is 0.337 e. The molecular weight excluding hydrogens is 200 g/mol. The van der Waals surface area contributed by atoms with Crippen LogP contribution in [0.5, 0.6) is 0 Å². The van der Waals surface area contributed by atoms with Crippen LogP contribution in [0.3, 0.4) is 0 Å². The molecular formula is C12H22N4. The van der Waals surface area contributed by atoms with Gasteiger partial charge in [-0.3, -0.25) is 4.90 Å². The Bertz CT molecular complexity index is 315. The predicted octanol–water partition coefficient (Wildman–Crippen LogP) is 0.994. The molecule has 1 aliphatic rings. The number of hydrogen-bond donors (Lipinski definition) is 1. The topological polar surface area (TPSA) is 33.1 Å². The van der Waals surface area contributed by atoms with Crippen molar-refractivity contribution < 1.29 is 0 Å². The lowest BCUT2D eigenvalue weighted by atomic mass is 10.0. The summed E-state index contributed by atoms with van der Waals surface area (Å²) in [5, 5.41) is 3.58. The summed E-state index contributed by atoms with van der Waals surface area (Å²) >= 11 is 0.